The van der Waals surface area contributed by atoms with Crippen molar-refractivity contribution in [1.29, 1.82) is 0 Å². The number of hydrogen-bond donors (Lipinski definition) is 0. The second-order valence-corrected chi connectivity index (χ2v) is 11.3. The van der Waals surface area contributed by atoms with Crippen molar-refractivity contribution < 1.29 is 12.8 Å². The molecule has 10 heteroatoms. The van der Waals surface area contributed by atoms with Crippen LogP contribution in [0.2, 0.25) is 0 Å². The highest BCUT2D eigenvalue weighted by molar-refractivity contribution is 7.91. The van der Waals surface area contributed by atoms with E-state index in [9.17, 15) is 22.4 Å². The Morgan fingerprint density at radius 3 is 2.53 bits per heavy atom. The summed E-state index contributed by atoms with van der Waals surface area (Å²) in [5, 5.41) is 4.27. The topological polar surface area (TPSA) is 96.0 Å². The molecule has 0 spiro atoms. The van der Waals surface area contributed by atoms with Crippen molar-refractivity contribution in [2.24, 2.45) is 18.4 Å². The molecule has 0 radical (unpaired) electrons. The molecule has 0 amide bonds. The Balaban J connectivity index is 1.65. The molecule has 0 bridgehead atoms. The number of sulfone groups is 1. The zero-order chi connectivity index (χ0) is 22.7. The van der Waals surface area contributed by atoms with Gasteiger partial charge in [0.25, 0.3) is 5.56 Å². The van der Waals surface area contributed by atoms with Gasteiger partial charge in [0.05, 0.1) is 41.0 Å². The molecule has 2 aliphatic carbocycles. The monoisotopic (exact) mass is 460 g/mol. The lowest BCUT2D eigenvalue weighted by molar-refractivity contribution is 0.367. The molecule has 8 nitrogen and oxygen atoms in total. The number of benzene rings is 1. The molecule has 0 saturated heterocycles. The van der Waals surface area contributed by atoms with Crippen molar-refractivity contribution in [2.75, 3.05) is 12.4 Å². The fourth-order valence-corrected chi connectivity index (χ4v) is 6.10. The fourth-order valence-electron chi connectivity index (χ4n) is 4.19. The highest BCUT2D eigenvalue weighted by Crippen LogP contribution is 2.47. The number of aromatic nitrogens is 4. The summed E-state index contributed by atoms with van der Waals surface area (Å²) in [5.74, 6) is 0.107. The molecule has 170 valence electrons. The maximum atomic E-state index is 13.3. The van der Waals surface area contributed by atoms with E-state index >= 15 is 0 Å². The maximum Gasteiger partial charge on any atom is 0.331 e. The molecule has 0 aliphatic heterocycles. The molecule has 5 rings (SSSR count). The SMILES string of the molecule is Cn1cc(Cn2c(=O)c3cc(S(=O)(=O)CC4(CF)CC4)ccc3n(CC3CC3)c2=O)cn1. The summed E-state index contributed by atoms with van der Waals surface area (Å²) in [6.07, 6.45) is 6.47. The average Bonchev–Trinajstić information content (AvgIpc) is 3.69. The maximum absolute atomic E-state index is 13.3. The summed E-state index contributed by atoms with van der Waals surface area (Å²) in [6.45, 7) is -0.133. The van der Waals surface area contributed by atoms with E-state index in [-0.39, 0.29) is 22.6 Å². The Morgan fingerprint density at radius 2 is 1.94 bits per heavy atom. The molecule has 3 aromatic rings. The largest absolute Gasteiger partial charge is 0.331 e. The summed E-state index contributed by atoms with van der Waals surface area (Å²) in [6, 6.07) is 4.32. The molecule has 2 saturated carbocycles. The van der Waals surface area contributed by atoms with E-state index in [1.807, 2.05) is 0 Å². The molecule has 0 unspecified atom stereocenters. The molecule has 2 aromatic heterocycles. The molecule has 32 heavy (non-hydrogen) atoms. The van der Waals surface area contributed by atoms with E-state index in [2.05, 4.69) is 5.10 Å². The lowest BCUT2D eigenvalue weighted by Gasteiger charge is -2.15. The predicted octanol–water partition coefficient (Wildman–Crippen LogP) is 1.88. The molecular formula is C22H25FN4O4S. The minimum atomic E-state index is -3.77. The van der Waals surface area contributed by atoms with Crippen LogP contribution in [0.3, 0.4) is 0 Å². The molecular weight excluding hydrogens is 435 g/mol. The van der Waals surface area contributed by atoms with Gasteiger partial charge in [-0.15, -0.1) is 0 Å². The standard InChI is InChI=1S/C22H25FN4O4S/c1-25-10-16(9-24-25)12-27-20(28)18-8-17(32(30,31)14-22(13-23)6-7-22)4-5-19(18)26(21(27)29)11-15-2-3-15/h4-5,8-10,15H,2-3,6-7,11-14H2,1H3. The van der Waals surface area contributed by atoms with E-state index in [1.165, 1.54) is 18.2 Å². The normalized spacial score (nSPS) is 17.7. The van der Waals surface area contributed by atoms with Crippen molar-refractivity contribution >= 4 is 20.7 Å². The van der Waals surface area contributed by atoms with Crippen LogP contribution in [0.5, 0.6) is 0 Å². The minimum Gasteiger partial charge on any atom is -0.293 e. The summed E-state index contributed by atoms with van der Waals surface area (Å²) in [4.78, 5) is 26.5. The number of hydrogen-bond acceptors (Lipinski definition) is 5. The number of nitrogens with zero attached hydrogens (tertiary/aromatic N) is 4. The van der Waals surface area contributed by atoms with E-state index in [0.29, 0.717) is 36.4 Å². The fraction of sp³-hybridized carbons (Fsp3) is 0.500. The molecule has 1 aromatic carbocycles. The van der Waals surface area contributed by atoms with Gasteiger partial charge in [0.1, 0.15) is 0 Å². The van der Waals surface area contributed by atoms with Crippen LogP contribution in [-0.2, 0) is 30.0 Å². The van der Waals surface area contributed by atoms with E-state index in [1.54, 1.807) is 28.7 Å². The van der Waals surface area contributed by atoms with Crippen LogP contribution in [-0.4, -0.2) is 39.8 Å². The molecule has 2 aliphatic rings. The highest BCUT2D eigenvalue weighted by Gasteiger charge is 2.46. The Labute approximate surface area is 184 Å². The Morgan fingerprint density at radius 1 is 1.19 bits per heavy atom. The van der Waals surface area contributed by atoms with E-state index in [4.69, 9.17) is 0 Å². The number of aryl methyl sites for hydroxylation is 1. The lowest BCUT2D eigenvalue weighted by atomic mass is 10.2. The summed E-state index contributed by atoms with van der Waals surface area (Å²) >= 11 is 0. The van der Waals surface area contributed by atoms with E-state index < -0.39 is 33.2 Å². The zero-order valence-corrected chi connectivity index (χ0v) is 18.6. The second-order valence-electron chi connectivity index (χ2n) is 9.32. The van der Waals surface area contributed by atoms with Gasteiger partial charge in [-0.25, -0.2) is 13.2 Å². The summed E-state index contributed by atoms with van der Waals surface area (Å²) in [7, 11) is -2.02. The van der Waals surface area contributed by atoms with Gasteiger partial charge in [0.15, 0.2) is 9.84 Å². The van der Waals surface area contributed by atoms with E-state index in [0.717, 1.165) is 17.4 Å². The van der Waals surface area contributed by atoms with Gasteiger partial charge < -0.3 is 0 Å². The van der Waals surface area contributed by atoms with Crippen LogP contribution in [0, 0.1) is 11.3 Å². The summed E-state index contributed by atoms with van der Waals surface area (Å²) < 4.78 is 43.6. The van der Waals surface area contributed by atoms with Crippen LogP contribution < -0.4 is 11.2 Å². The average molecular weight is 461 g/mol. The third-order valence-electron chi connectivity index (χ3n) is 6.53. The van der Waals surface area contributed by atoms with Crippen molar-refractivity contribution in [2.45, 2.75) is 43.7 Å². The third-order valence-corrected chi connectivity index (χ3v) is 8.49. The molecule has 0 atom stereocenters. The van der Waals surface area contributed by atoms with Crippen molar-refractivity contribution in [3.63, 3.8) is 0 Å². The smallest absolute Gasteiger partial charge is 0.293 e. The van der Waals surface area contributed by atoms with Crippen LogP contribution in [0.25, 0.3) is 10.9 Å². The first-order chi connectivity index (χ1) is 15.2. The van der Waals surface area contributed by atoms with Gasteiger partial charge in [0, 0.05) is 30.8 Å². The third kappa shape index (κ3) is 3.80. The number of alkyl halides is 1. The van der Waals surface area contributed by atoms with Gasteiger partial charge in [0.2, 0.25) is 0 Å². The van der Waals surface area contributed by atoms with Crippen LogP contribution >= 0.6 is 0 Å². The predicted molar refractivity (Wildman–Crippen MR) is 117 cm³/mol. The van der Waals surface area contributed by atoms with Crippen LogP contribution in [0.15, 0.2) is 45.1 Å². The molecule has 2 fully saturated rings. The molecule has 2 heterocycles. The van der Waals surface area contributed by atoms with Crippen LogP contribution in [0.1, 0.15) is 31.2 Å². The minimum absolute atomic E-state index is 0.00799. The number of halogens is 1. The molecule has 0 N–H and O–H groups in total. The Bertz CT molecular complexity index is 1430. The second kappa shape index (κ2) is 7.40. The van der Waals surface area contributed by atoms with Gasteiger partial charge >= 0.3 is 5.69 Å². The zero-order valence-electron chi connectivity index (χ0n) is 17.8. The lowest BCUT2D eigenvalue weighted by Crippen LogP contribution is -2.40. The summed E-state index contributed by atoms with van der Waals surface area (Å²) in [5.41, 5.74) is -0.613. The van der Waals surface area contributed by atoms with Crippen LogP contribution in [0.4, 0.5) is 4.39 Å². The van der Waals surface area contributed by atoms with Gasteiger partial charge in [-0.05, 0) is 49.8 Å². The van der Waals surface area contributed by atoms with Gasteiger partial charge in [-0.2, -0.15) is 5.10 Å². The van der Waals surface area contributed by atoms with Gasteiger partial charge in [-0.1, -0.05) is 0 Å². The van der Waals surface area contributed by atoms with Crippen molar-refractivity contribution in [3.8, 4) is 0 Å². The Kier molecular flexibility index (Phi) is 4.88. The number of fused-ring (bicyclic) bond motifs is 1. The van der Waals surface area contributed by atoms with Gasteiger partial charge in [-0.3, -0.25) is 23.0 Å². The first-order valence-corrected chi connectivity index (χ1v) is 12.4. The highest BCUT2D eigenvalue weighted by atomic mass is 32.2. The Hall–Kier alpha value is -2.75. The number of rotatable bonds is 8. The first-order valence-electron chi connectivity index (χ1n) is 10.8. The van der Waals surface area contributed by atoms with Crippen molar-refractivity contribution in [3.05, 3.63) is 57.0 Å². The quantitative estimate of drug-likeness (QED) is 0.511. The first kappa shape index (κ1) is 21.1. The van der Waals surface area contributed by atoms with Crippen molar-refractivity contribution in [1.82, 2.24) is 18.9 Å².